The Hall–Kier alpha value is -2.11. The molecule has 0 atom stereocenters. The van der Waals surface area contributed by atoms with Crippen molar-refractivity contribution < 1.29 is 0 Å². The molecule has 17 heavy (non-hydrogen) atoms. The van der Waals surface area contributed by atoms with Crippen LogP contribution in [-0.4, -0.2) is 40.2 Å². The van der Waals surface area contributed by atoms with Gasteiger partial charge in [-0.25, -0.2) is 9.97 Å². The third-order valence-corrected chi connectivity index (χ3v) is 2.28. The van der Waals surface area contributed by atoms with Gasteiger partial charge in [0.1, 0.15) is 5.82 Å². The fraction of sp³-hybridized carbons (Fsp3) is 0.364. The van der Waals surface area contributed by atoms with E-state index in [2.05, 4.69) is 20.3 Å². The van der Waals surface area contributed by atoms with Gasteiger partial charge in [-0.15, -0.1) is 0 Å². The zero-order valence-electron chi connectivity index (χ0n) is 10.0. The largest absolute Gasteiger partial charge is 0.368 e. The summed E-state index contributed by atoms with van der Waals surface area (Å²) in [5.74, 6) is 1.54. The highest BCUT2D eigenvalue weighted by Gasteiger charge is 2.00. The van der Waals surface area contributed by atoms with Gasteiger partial charge < -0.3 is 14.8 Å². The molecule has 6 nitrogen and oxygen atoms in total. The molecular formula is C11H16N6. The monoisotopic (exact) mass is 232 g/mol. The molecule has 0 saturated carbocycles. The molecule has 0 amide bonds. The summed E-state index contributed by atoms with van der Waals surface area (Å²) < 4.78 is 2.01. The lowest BCUT2D eigenvalue weighted by molar-refractivity contribution is 0.725. The first-order valence-electron chi connectivity index (χ1n) is 5.45. The SMILES string of the molecule is CN(C)c1nccc(NCCn2ccnc2)n1. The van der Waals surface area contributed by atoms with E-state index in [4.69, 9.17) is 0 Å². The Bertz CT molecular complexity index is 451. The van der Waals surface area contributed by atoms with Gasteiger partial charge in [0.05, 0.1) is 6.33 Å². The second kappa shape index (κ2) is 5.29. The van der Waals surface area contributed by atoms with E-state index < -0.39 is 0 Å². The maximum absolute atomic E-state index is 4.37. The number of hydrogen-bond acceptors (Lipinski definition) is 5. The van der Waals surface area contributed by atoms with Crippen molar-refractivity contribution in [3.63, 3.8) is 0 Å². The van der Waals surface area contributed by atoms with Crippen LogP contribution in [-0.2, 0) is 6.54 Å². The lowest BCUT2D eigenvalue weighted by Gasteiger charge is -2.11. The topological polar surface area (TPSA) is 58.9 Å². The van der Waals surface area contributed by atoms with Gasteiger partial charge in [-0.1, -0.05) is 0 Å². The van der Waals surface area contributed by atoms with Crippen molar-refractivity contribution in [3.05, 3.63) is 31.0 Å². The molecule has 1 N–H and O–H groups in total. The van der Waals surface area contributed by atoms with E-state index in [1.165, 1.54) is 0 Å². The molecule has 0 aliphatic heterocycles. The third kappa shape index (κ3) is 3.17. The molecule has 2 aromatic rings. The smallest absolute Gasteiger partial charge is 0.226 e. The molecule has 0 spiro atoms. The Labute approximate surface area is 100 Å². The molecule has 0 unspecified atom stereocenters. The lowest BCUT2D eigenvalue weighted by Crippen LogP contribution is -2.15. The van der Waals surface area contributed by atoms with Crippen LogP contribution in [0.3, 0.4) is 0 Å². The highest BCUT2D eigenvalue weighted by atomic mass is 15.2. The molecule has 6 heteroatoms. The van der Waals surface area contributed by atoms with Crippen molar-refractivity contribution in [2.45, 2.75) is 6.54 Å². The van der Waals surface area contributed by atoms with E-state index in [1.807, 2.05) is 35.8 Å². The van der Waals surface area contributed by atoms with Gasteiger partial charge in [0, 0.05) is 45.8 Å². The third-order valence-electron chi connectivity index (χ3n) is 2.28. The molecule has 0 fully saturated rings. The number of nitrogens with zero attached hydrogens (tertiary/aromatic N) is 5. The number of hydrogen-bond donors (Lipinski definition) is 1. The standard InChI is InChI=1S/C11H16N6/c1-16(2)11-14-4-3-10(15-11)13-6-8-17-7-5-12-9-17/h3-5,7,9H,6,8H2,1-2H3,(H,13,14,15). The molecule has 90 valence electrons. The minimum Gasteiger partial charge on any atom is -0.368 e. The van der Waals surface area contributed by atoms with Gasteiger partial charge in [0.2, 0.25) is 5.95 Å². The second-order valence-corrected chi connectivity index (χ2v) is 3.86. The van der Waals surface area contributed by atoms with Gasteiger partial charge in [-0.2, -0.15) is 4.98 Å². The second-order valence-electron chi connectivity index (χ2n) is 3.86. The summed E-state index contributed by atoms with van der Waals surface area (Å²) in [4.78, 5) is 14.4. The number of rotatable bonds is 5. The van der Waals surface area contributed by atoms with Crippen LogP contribution in [0, 0.1) is 0 Å². The van der Waals surface area contributed by atoms with Crippen LogP contribution >= 0.6 is 0 Å². The minimum absolute atomic E-state index is 0.706. The summed E-state index contributed by atoms with van der Waals surface area (Å²) >= 11 is 0. The van der Waals surface area contributed by atoms with Crippen LogP contribution in [0.1, 0.15) is 0 Å². The van der Waals surface area contributed by atoms with Crippen molar-refractivity contribution in [2.24, 2.45) is 0 Å². The molecular weight excluding hydrogens is 216 g/mol. The number of anilines is 2. The normalized spacial score (nSPS) is 10.2. The Morgan fingerprint density at radius 3 is 2.94 bits per heavy atom. The highest BCUT2D eigenvalue weighted by molar-refractivity contribution is 5.40. The average molecular weight is 232 g/mol. The first-order chi connectivity index (χ1) is 8.25. The van der Waals surface area contributed by atoms with Crippen molar-refractivity contribution in [1.82, 2.24) is 19.5 Å². The van der Waals surface area contributed by atoms with Crippen LogP contribution in [0.25, 0.3) is 0 Å². The molecule has 2 rings (SSSR count). The molecule has 0 bridgehead atoms. The van der Waals surface area contributed by atoms with Crippen molar-refractivity contribution >= 4 is 11.8 Å². The number of nitrogens with one attached hydrogen (secondary N) is 1. The Morgan fingerprint density at radius 1 is 1.35 bits per heavy atom. The van der Waals surface area contributed by atoms with E-state index in [-0.39, 0.29) is 0 Å². The van der Waals surface area contributed by atoms with Gasteiger partial charge in [0.15, 0.2) is 0 Å². The van der Waals surface area contributed by atoms with E-state index in [1.54, 1.807) is 18.7 Å². The van der Waals surface area contributed by atoms with E-state index in [0.29, 0.717) is 5.95 Å². The van der Waals surface area contributed by atoms with Crippen molar-refractivity contribution in [3.8, 4) is 0 Å². The summed E-state index contributed by atoms with van der Waals surface area (Å²) in [5.41, 5.74) is 0. The zero-order valence-corrected chi connectivity index (χ0v) is 10.0. The summed E-state index contributed by atoms with van der Waals surface area (Å²) in [6, 6.07) is 1.86. The summed E-state index contributed by atoms with van der Waals surface area (Å²) in [6.45, 7) is 1.67. The fourth-order valence-corrected chi connectivity index (χ4v) is 1.39. The first kappa shape index (κ1) is 11.4. The van der Waals surface area contributed by atoms with Gasteiger partial charge >= 0.3 is 0 Å². The molecule has 0 aromatic carbocycles. The van der Waals surface area contributed by atoms with Crippen LogP contribution < -0.4 is 10.2 Å². The Balaban J connectivity index is 1.88. The summed E-state index contributed by atoms with van der Waals surface area (Å²) in [5, 5.41) is 3.25. The lowest BCUT2D eigenvalue weighted by atomic mass is 10.5. The molecule has 0 aliphatic rings. The van der Waals surface area contributed by atoms with Gasteiger partial charge in [-0.05, 0) is 6.07 Å². The first-order valence-corrected chi connectivity index (χ1v) is 5.45. The summed E-state index contributed by atoms with van der Waals surface area (Å²) in [7, 11) is 3.84. The minimum atomic E-state index is 0.706. The number of imidazole rings is 1. The predicted octanol–water partition coefficient (Wildman–Crippen LogP) is 0.851. The maximum atomic E-state index is 4.37. The molecule has 2 heterocycles. The number of aromatic nitrogens is 4. The van der Waals surface area contributed by atoms with Gasteiger partial charge in [0.25, 0.3) is 0 Å². The molecule has 0 aliphatic carbocycles. The van der Waals surface area contributed by atoms with E-state index in [0.717, 1.165) is 18.9 Å². The van der Waals surface area contributed by atoms with Crippen molar-refractivity contribution in [2.75, 3.05) is 30.9 Å². The molecule has 0 radical (unpaired) electrons. The van der Waals surface area contributed by atoms with Crippen LogP contribution in [0.15, 0.2) is 31.0 Å². The molecule has 0 saturated heterocycles. The van der Waals surface area contributed by atoms with E-state index >= 15 is 0 Å². The predicted molar refractivity (Wildman–Crippen MR) is 67.1 cm³/mol. The van der Waals surface area contributed by atoms with Crippen molar-refractivity contribution in [1.29, 1.82) is 0 Å². The average Bonchev–Trinajstić information content (AvgIpc) is 2.82. The Morgan fingerprint density at radius 2 is 2.24 bits per heavy atom. The Kier molecular flexibility index (Phi) is 3.54. The quantitative estimate of drug-likeness (QED) is 0.828. The van der Waals surface area contributed by atoms with Crippen LogP contribution in [0.2, 0.25) is 0 Å². The van der Waals surface area contributed by atoms with Crippen LogP contribution in [0.5, 0.6) is 0 Å². The zero-order chi connectivity index (χ0) is 12.1. The maximum Gasteiger partial charge on any atom is 0.226 e. The van der Waals surface area contributed by atoms with Crippen LogP contribution in [0.4, 0.5) is 11.8 Å². The fourth-order valence-electron chi connectivity index (χ4n) is 1.39. The highest BCUT2D eigenvalue weighted by Crippen LogP contribution is 2.07. The molecule has 2 aromatic heterocycles. The van der Waals surface area contributed by atoms with E-state index in [9.17, 15) is 0 Å². The summed E-state index contributed by atoms with van der Waals surface area (Å²) in [6.07, 6.45) is 7.26. The van der Waals surface area contributed by atoms with Gasteiger partial charge in [-0.3, -0.25) is 0 Å².